The standard InChI is InChI=1S/C19H18ClN3O2/c1-13-5-3-4-6-14(13)11-22-12-15(10-21)19(24)23-17-9-16(20)7-8-18(17)25-2/h3-9,12,22H,11H2,1-2H3,(H,23,24)/b15-12-. The Bertz CT molecular complexity index is 841. The number of amides is 1. The van der Waals surface area contributed by atoms with Gasteiger partial charge in [-0.1, -0.05) is 35.9 Å². The molecule has 0 aliphatic carbocycles. The number of hydrogen-bond donors (Lipinski definition) is 2. The molecule has 0 atom stereocenters. The third kappa shape index (κ3) is 5.00. The fraction of sp³-hybridized carbons (Fsp3) is 0.158. The van der Waals surface area contributed by atoms with Crippen molar-refractivity contribution in [3.8, 4) is 11.8 Å². The lowest BCUT2D eigenvalue weighted by molar-refractivity contribution is -0.112. The number of nitriles is 1. The highest BCUT2D eigenvalue weighted by atomic mass is 35.5. The van der Waals surface area contributed by atoms with E-state index in [9.17, 15) is 10.1 Å². The summed E-state index contributed by atoms with van der Waals surface area (Å²) in [6, 6.07) is 14.6. The minimum atomic E-state index is -0.541. The Morgan fingerprint density at radius 1 is 1.32 bits per heavy atom. The first-order valence-electron chi connectivity index (χ1n) is 7.58. The molecule has 2 N–H and O–H groups in total. The second-order valence-corrected chi connectivity index (χ2v) is 5.71. The molecule has 0 aliphatic heterocycles. The molecule has 0 aromatic heterocycles. The number of nitrogens with one attached hydrogen (secondary N) is 2. The summed E-state index contributed by atoms with van der Waals surface area (Å²) in [5.41, 5.74) is 2.58. The van der Waals surface area contributed by atoms with Gasteiger partial charge in [-0.25, -0.2) is 0 Å². The Morgan fingerprint density at radius 3 is 2.76 bits per heavy atom. The Balaban J connectivity index is 2.07. The summed E-state index contributed by atoms with van der Waals surface area (Å²) in [5, 5.41) is 15.3. The van der Waals surface area contributed by atoms with Crippen LogP contribution < -0.4 is 15.4 Å². The Labute approximate surface area is 151 Å². The van der Waals surface area contributed by atoms with Gasteiger partial charge in [0.15, 0.2) is 0 Å². The van der Waals surface area contributed by atoms with E-state index >= 15 is 0 Å². The van der Waals surface area contributed by atoms with Gasteiger partial charge in [0, 0.05) is 17.8 Å². The van der Waals surface area contributed by atoms with E-state index in [0.717, 1.165) is 11.1 Å². The number of benzene rings is 2. The van der Waals surface area contributed by atoms with E-state index in [1.54, 1.807) is 18.2 Å². The van der Waals surface area contributed by atoms with Gasteiger partial charge in [-0.3, -0.25) is 4.79 Å². The van der Waals surface area contributed by atoms with Gasteiger partial charge in [0.05, 0.1) is 12.8 Å². The molecule has 5 nitrogen and oxygen atoms in total. The van der Waals surface area contributed by atoms with Crippen LogP contribution >= 0.6 is 11.6 Å². The van der Waals surface area contributed by atoms with Crippen LogP contribution in [0.3, 0.4) is 0 Å². The molecule has 2 rings (SSSR count). The minimum Gasteiger partial charge on any atom is -0.495 e. The van der Waals surface area contributed by atoms with Crippen LogP contribution in [0.15, 0.2) is 54.2 Å². The predicted molar refractivity (Wildman–Crippen MR) is 98.3 cm³/mol. The maximum atomic E-state index is 12.3. The summed E-state index contributed by atoms with van der Waals surface area (Å²) in [6.07, 6.45) is 1.40. The summed E-state index contributed by atoms with van der Waals surface area (Å²) in [4.78, 5) is 12.3. The molecule has 0 aliphatic rings. The van der Waals surface area contributed by atoms with Gasteiger partial charge in [0.25, 0.3) is 5.91 Å². The molecule has 0 radical (unpaired) electrons. The molecule has 128 valence electrons. The van der Waals surface area contributed by atoms with Crippen molar-refractivity contribution >= 4 is 23.2 Å². The lowest BCUT2D eigenvalue weighted by atomic mass is 10.1. The summed E-state index contributed by atoms with van der Waals surface area (Å²) in [5.74, 6) is -0.0803. The number of rotatable bonds is 6. The first-order valence-corrected chi connectivity index (χ1v) is 7.96. The van der Waals surface area contributed by atoms with E-state index in [1.165, 1.54) is 13.3 Å². The number of ether oxygens (including phenoxy) is 1. The number of carbonyl (C=O) groups is 1. The van der Waals surface area contributed by atoms with Crippen LogP contribution in [0.4, 0.5) is 5.69 Å². The van der Waals surface area contributed by atoms with Crippen molar-refractivity contribution in [2.75, 3.05) is 12.4 Å². The van der Waals surface area contributed by atoms with E-state index < -0.39 is 5.91 Å². The summed E-state index contributed by atoms with van der Waals surface area (Å²) < 4.78 is 5.18. The number of nitrogens with zero attached hydrogens (tertiary/aromatic N) is 1. The predicted octanol–water partition coefficient (Wildman–Crippen LogP) is 3.79. The van der Waals surface area contributed by atoms with Crippen LogP contribution in [0.1, 0.15) is 11.1 Å². The topological polar surface area (TPSA) is 74.1 Å². The normalized spacial score (nSPS) is 10.7. The fourth-order valence-electron chi connectivity index (χ4n) is 2.19. The van der Waals surface area contributed by atoms with E-state index in [2.05, 4.69) is 10.6 Å². The van der Waals surface area contributed by atoms with Gasteiger partial charge in [-0.15, -0.1) is 0 Å². The van der Waals surface area contributed by atoms with Crippen LogP contribution in [0.5, 0.6) is 5.75 Å². The lowest BCUT2D eigenvalue weighted by Gasteiger charge is -2.10. The molecule has 2 aromatic rings. The molecule has 2 aromatic carbocycles. The Hall–Kier alpha value is -2.97. The van der Waals surface area contributed by atoms with Gasteiger partial charge < -0.3 is 15.4 Å². The van der Waals surface area contributed by atoms with Crippen molar-refractivity contribution in [3.63, 3.8) is 0 Å². The number of carbonyl (C=O) groups excluding carboxylic acids is 1. The third-order valence-electron chi connectivity index (χ3n) is 3.57. The average molecular weight is 356 g/mol. The van der Waals surface area contributed by atoms with Crippen molar-refractivity contribution in [1.29, 1.82) is 5.26 Å². The summed E-state index contributed by atoms with van der Waals surface area (Å²) in [7, 11) is 1.49. The fourth-order valence-corrected chi connectivity index (χ4v) is 2.36. The van der Waals surface area contributed by atoms with Gasteiger partial charge >= 0.3 is 0 Å². The van der Waals surface area contributed by atoms with E-state index in [4.69, 9.17) is 16.3 Å². The molecule has 0 fully saturated rings. The molecule has 0 unspecified atom stereocenters. The number of aryl methyl sites for hydroxylation is 1. The molecule has 0 spiro atoms. The first kappa shape index (κ1) is 18.4. The second-order valence-electron chi connectivity index (χ2n) is 5.28. The number of anilines is 1. The van der Waals surface area contributed by atoms with Gasteiger partial charge in [-0.05, 0) is 36.2 Å². The molecule has 0 heterocycles. The molecular formula is C19H18ClN3O2. The maximum absolute atomic E-state index is 12.3. The van der Waals surface area contributed by atoms with Gasteiger partial charge in [0.1, 0.15) is 17.4 Å². The quantitative estimate of drug-likeness (QED) is 0.610. The zero-order valence-electron chi connectivity index (χ0n) is 14.0. The van der Waals surface area contributed by atoms with Crippen molar-refractivity contribution in [3.05, 3.63) is 70.4 Å². The van der Waals surface area contributed by atoms with Crippen molar-refractivity contribution in [1.82, 2.24) is 5.32 Å². The molecule has 0 saturated heterocycles. The highest BCUT2D eigenvalue weighted by Gasteiger charge is 2.12. The highest BCUT2D eigenvalue weighted by molar-refractivity contribution is 6.31. The summed E-state index contributed by atoms with van der Waals surface area (Å²) in [6.45, 7) is 2.52. The van der Waals surface area contributed by atoms with Crippen LogP contribution in [0.2, 0.25) is 5.02 Å². The van der Waals surface area contributed by atoms with Crippen LogP contribution in [-0.4, -0.2) is 13.0 Å². The van der Waals surface area contributed by atoms with Gasteiger partial charge in [-0.2, -0.15) is 5.26 Å². The van der Waals surface area contributed by atoms with Crippen molar-refractivity contribution in [2.45, 2.75) is 13.5 Å². The number of halogens is 1. The van der Waals surface area contributed by atoms with E-state index in [0.29, 0.717) is 23.0 Å². The van der Waals surface area contributed by atoms with Crippen LogP contribution in [-0.2, 0) is 11.3 Å². The lowest BCUT2D eigenvalue weighted by Crippen LogP contribution is -2.17. The monoisotopic (exact) mass is 355 g/mol. The maximum Gasteiger partial charge on any atom is 0.267 e. The van der Waals surface area contributed by atoms with Crippen LogP contribution in [0, 0.1) is 18.3 Å². The Kier molecular flexibility index (Phi) is 6.44. The summed E-state index contributed by atoms with van der Waals surface area (Å²) >= 11 is 5.94. The molecule has 0 bridgehead atoms. The zero-order valence-corrected chi connectivity index (χ0v) is 14.7. The molecule has 0 saturated carbocycles. The number of methoxy groups -OCH3 is 1. The average Bonchev–Trinajstić information content (AvgIpc) is 2.60. The van der Waals surface area contributed by atoms with E-state index in [1.807, 2.05) is 37.3 Å². The second kappa shape index (κ2) is 8.76. The molecule has 25 heavy (non-hydrogen) atoms. The van der Waals surface area contributed by atoms with Crippen molar-refractivity contribution < 1.29 is 9.53 Å². The zero-order chi connectivity index (χ0) is 18.2. The molecule has 6 heteroatoms. The largest absolute Gasteiger partial charge is 0.495 e. The van der Waals surface area contributed by atoms with Crippen molar-refractivity contribution in [2.24, 2.45) is 0 Å². The smallest absolute Gasteiger partial charge is 0.267 e. The minimum absolute atomic E-state index is 0.0457. The van der Waals surface area contributed by atoms with Gasteiger partial charge in [0.2, 0.25) is 0 Å². The first-order chi connectivity index (χ1) is 12.0. The third-order valence-corrected chi connectivity index (χ3v) is 3.81. The van der Waals surface area contributed by atoms with E-state index in [-0.39, 0.29) is 5.57 Å². The molecule has 1 amide bonds. The Morgan fingerprint density at radius 2 is 2.08 bits per heavy atom. The SMILES string of the molecule is COc1ccc(Cl)cc1NC(=O)/C(C#N)=C\NCc1ccccc1C. The molecular weight excluding hydrogens is 338 g/mol. The van der Waals surface area contributed by atoms with Crippen LogP contribution in [0.25, 0.3) is 0 Å². The highest BCUT2D eigenvalue weighted by Crippen LogP contribution is 2.27. The number of hydrogen-bond acceptors (Lipinski definition) is 4.